The van der Waals surface area contributed by atoms with E-state index in [9.17, 15) is 13.5 Å². The Bertz CT molecular complexity index is 287. The van der Waals surface area contributed by atoms with Gasteiger partial charge in [0.05, 0.1) is 11.5 Å². The van der Waals surface area contributed by atoms with Gasteiger partial charge in [-0.15, -0.1) is 0 Å². The normalized spacial score (nSPS) is 29.0. The fraction of sp³-hybridized carbons (Fsp3) is 1.00. The van der Waals surface area contributed by atoms with Gasteiger partial charge >= 0.3 is 0 Å². The molecule has 0 aromatic heterocycles. The van der Waals surface area contributed by atoms with Crippen molar-refractivity contribution in [2.24, 2.45) is 17.3 Å². The SMILES string of the molecule is CC(C)(C)C(CO)C1CCS(=O)(=O)C1. The number of aliphatic hydroxyl groups excluding tert-OH is 1. The van der Waals surface area contributed by atoms with Crippen molar-refractivity contribution < 1.29 is 13.5 Å². The lowest BCUT2D eigenvalue weighted by atomic mass is 9.73. The summed E-state index contributed by atoms with van der Waals surface area (Å²) in [5.74, 6) is 0.796. The molecule has 2 atom stereocenters. The van der Waals surface area contributed by atoms with Crippen LogP contribution in [0.5, 0.6) is 0 Å². The molecule has 1 saturated heterocycles. The van der Waals surface area contributed by atoms with Gasteiger partial charge in [-0.3, -0.25) is 0 Å². The zero-order valence-corrected chi connectivity index (χ0v) is 9.97. The lowest BCUT2D eigenvalue weighted by molar-refractivity contribution is 0.0879. The molecule has 1 aliphatic rings. The highest BCUT2D eigenvalue weighted by Gasteiger charge is 2.38. The van der Waals surface area contributed by atoms with E-state index in [0.29, 0.717) is 12.2 Å². The third-order valence-corrected chi connectivity index (χ3v) is 4.94. The predicted molar refractivity (Wildman–Crippen MR) is 56.8 cm³/mol. The third kappa shape index (κ3) is 2.70. The summed E-state index contributed by atoms with van der Waals surface area (Å²) < 4.78 is 22.6. The molecule has 3 nitrogen and oxygen atoms in total. The van der Waals surface area contributed by atoms with Gasteiger partial charge in [0.25, 0.3) is 0 Å². The van der Waals surface area contributed by atoms with Crippen molar-refractivity contribution in [1.29, 1.82) is 0 Å². The monoisotopic (exact) mass is 220 g/mol. The van der Waals surface area contributed by atoms with Gasteiger partial charge < -0.3 is 5.11 Å². The highest BCUT2D eigenvalue weighted by atomic mass is 32.2. The molecule has 0 saturated carbocycles. The van der Waals surface area contributed by atoms with Crippen LogP contribution in [0.2, 0.25) is 0 Å². The highest BCUT2D eigenvalue weighted by Crippen LogP contribution is 2.37. The van der Waals surface area contributed by atoms with Crippen molar-refractivity contribution in [3.8, 4) is 0 Å². The molecule has 4 heteroatoms. The van der Waals surface area contributed by atoms with Crippen LogP contribution in [-0.2, 0) is 9.84 Å². The third-order valence-electron chi connectivity index (χ3n) is 3.15. The van der Waals surface area contributed by atoms with E-state index in [1.165, 1.54) is 0 Å². The van der Waals surface area contributed by atoms with Crippen LogP contribution >= 0.6 is 0 Å². The first-order chi connectivity index (χ1) is 6.26. The summed E-state index contributed by atoms with van der Waals surface area (Å²) in [5, 5.41) is 9.30. The molecule has 0 bridgehead atoms. The molecule has 0 spiro atoms. The van der Waals surface area contributed by atoms with Crippen LogP contribution in [0.1, 0.15) is 27.2 Å². The van der Waals surface area contributed by atoms with Gasteiger partial charge in [0.1, 0.15) is 0 Å². The van der Waals surface area contributed by atoms with Crippen molar-refractivity contribution in [2.75, 3.05) is 18.1 Å². The Labute approximate surface area is 86.4 Å². The van der Waals surface area contributed by atoms with Crippen LogP contribution in [0.25, 0.3) is 0 Å². The molecule has 14 heavy (non-hydrogen) atoms. The first-order valence-corrected chi connectivity index (χ1v) is 6.90. The molecule has 0 amide bonds. The smallest absolute Gasteiger partial charge is 0.150 e. The second-order valence-electron chi connectivity index (χ2n) is 5.32. The molecular weight excluding hydrogens is 200 g/mol. The Hall–Kier alpha value is -0.0900. The minimum atomic E-state index is -2.82. The maximum absolute atomic E-state index is 11.3. The van der Waals surface area contributed by atoms with Crippen LogP contribution in [-0.4, -0.2) is 31.6 Å². The minimum Gasteiger partial charge on any atom is -0.396 e. The van der Waals surface area contributed by atoms with E-state index in [-0.39, 0.29) is 29.6 Å². The van der Waals surface area contributed by atoms with Gasteiger partial charge in [-0.05, 0) is 23.7 Å². The van der Waals surface area contributed by atoms with E-state index in [1.54, 1.807) is 0 Å². The van der Waals surface area contributed by atoms with E-state index in [1.807, 2.05) is 0 Å². The van der Waals surface area contributed by atoms with Crippen molar-refractivity contribution in [1.82, 2.24) is 0 Å². The van der Waals surface area contributed by atoms with E-state index >= 15 is 0 Å². The largest absolute Gasteiger partial charge is 0.396 e. The number of sulfone groups is 1. The van der Waals surface area contributed by atoms with Gasteiger partial charge in [0.2, 0.25) is 0 Å². The maximum Gasteiger partial charge on any atom is 0.150 e. The topological polar surface area (TPSA) is 54.4 Å². The Morgan fingerprint density at radius 2 is 2.00 bits per heavy atom. The van der Waals surface area contributed by atoms with Gasteiger partial charge in [-0.2, -0.15) is 0 Å². The number of aliphatic hydroxyl groups is 1. The molecule has 1 N–H and O–H groups in total. The second kappa shape index (κ2) is 3.81. The van der Waals surface area contributed by atoms with Crippen LogP contribution in [0.4, 0.5) is 0 Å². The van der Waals surface area contributed by atoms with Crippen molar-refractivity contribution in [2.45, 2.75) is 27.2 Å². The number of hydrogen-bond donors (Lipinski definition) is 1. The van der Waals surface area contributed by atoms with Crippen LogP contribution < -0.4 is 0 Å². The van der Waals surface area contributed by atoms with E-state index in [4.69, 9.17) is 0 Å². The molecule has 0 radical (unpaired) electrons. The number of hydrogen-bond acceptors (Lipinski definition) is 3. The van der Waals surface area contributed by atoms with Crippen molar-refractivity contribution >= 4 is 9.84 Å². The second-order valence-corrected chi connectivity index (χ2v) is 7.55. The van der Waals surface area contributed by atoms with Crippen molar-refractivity contribution in [3.05, 3.63) is 0 Å². The lowest BCUT2D eigenvalue weighted by Gasteiger charge is -2.33. The molecule has 84 valence electrons. The van der Waals surface area contributed by atoms with E-state index in [2.05, 4.69) is 20.8 Å². The average Bonchev–Trinajstić information content (AvgIpc) is 2.29. The zero-order valence-electron chi connectivity index (χ0n) is 9.16. The Morgan fingerprint density at radius 1 is 1.43 bits per heavy atom. The molecular formula is C10H20O3S. The Kier molecular flexibility index (Phi) is 3.26. The quantitative estimate of drug-likeness (QED) is 0.757. The van der Waals surface area contributed by atoms with Crippen LogP contribution in [0.15, 0.2) is 0 Å². The summed E-state index contributed by atoms with van der Waals surface area (Å²) in [4.78, 5) is 0. The molecule has 1 aliphatic heterocycles. The summed E-state index contributed by atoms with van der Waals surface area (Å²) in [6.45, 7) is 6.25. The molecule has 1 fully saturated rings. The van der Waals surface area contributed by atoms with Gasteiger partial charge in [-0.1, -0.05) is 20.8 Å². The summed E-state index contributed by atoms with van der Waals surface area (Å²) in [7, 11) is -2.82. The lowest BCUT2D eigenvalue weighted by Crippen LogP contribution is -2.32. The molecule has 0 aromatic carbocycles. The predicted octanol–water partition coefficient (Wildman–Crippen LogP) is 1.08. The molecule has 2 unspecified atom stereocenters. The fourth-order valence-electron chi connectivity index (χ4n) is 2.27. The van der Waals surface area contributed by atoms with Crippen LogP contribution in [0.3, 0.4) is 0 Å². The molecule has 1 heterocycles. The fourth-order valence-corrected chi connectivity index (χ4v) is 4.15. The molecule has 1 rings (SSSR count). The average molecular weight is 220 g/mol. The van der Waals surface area contributed by atoms with Gasteiger partial charge in [0.15, 0.2) is 9.84 Å². The molecule has 0 aliphatic carbocycles. The first-order valence-electron chi connectivity index (χ1n) is 5.07. The van der Waals surface area contributed by atoms with Gasteiger partial charge in [0, 0.05) is 6.61 Å². The summed E-state index contributed by atoms with van der Waals surface area (Å²) in [6, 6.07) is 0. The molecule has 0 aromatic rings. The Morgan fingerprint density at radius 3 is 2.29 bits per heavy atom. The Balaban J connectivity index is 2.74. The highest BCUT2D eigenvalue weighted by molar-refractivity contribution is 7.91. The van der Waals surface area contributed by atoms with E-state index < -0.39 is 9.84 Å². The van der Waals surface area contributed by atoms with E-state index in [0.717, 1.165) is 0 Å². The number of rotatable bonds is 2. The zero-order chi connectivity index (χ0) is 11.0. The first kappa shape index (κ1) is 12.0. The maximum atomic E-state index is 11.3. The summed E-state index contributed by atoms with van der Waals surface area (Å²) in [5.41, 5.74) is -0.0146. The minimum absolute atomic E-state index is 0.0146. The van der Waals surface area contributed by atoms with Crippen LogP contribution in [0, 0.1) is 17.3 Å². The summed E-state index contributed by atoms with van der Waals surface area (Å²) >= 11 is 0. The summed E-state index contributed by atoms with van der Waals surface area (Å²) in [6.07, 6.45) is 0.713. The standard InChI is InChI=1S/C10H20O3S/c1-10(2,3)9(6-11)8-4-5-14(12,13)7-8/h8-9,11H,4-7H2,1-3H3. The van der Waals surface area contributed by atoms with Crippen molar-refractivity contribution in [3.63, 3.8) is 0 Å². The van der Waals surface area contributed by atoms with Gasteiger partial charge in [-0.25, -0.2) is 8.42 Å².